The van der Waals surface area contributed by atoms with Gasteiger partial charge in [-0.25, -0.2) is 4.79 Å². The van der Waals surface area contributed by atoms with Crippen LogP contribution in [0.25, 0.3) is 0 Å². The second-order valence-electron chi connectivity index (χ2n) is 2.91. The molecular weight excluding hydrogens is 224 g/mol. The Bertz CT molecular complexity index is 394. The molecule has 1 aromatic rings. The van der Waals surface area contributed by atoms with Crippen molar-refractivity contribution in [3.8, 4) is 0 Å². The Balaban J connectivity index is 0.000000557. The van der Waals surface area contributed by atoms with E-state index in [-0.39, 0.29) is 5.97 Å². The van der Waals surface area contributed by atoms with Crippen molar-refractivity contribution < 1.29 is 19.4 Å². The summed E-state index contributed by atoms with van der Waals surface area (Å²) in [4.78, 5) is 20.0. The Morgan fingerprint density at radius 3 is 2.18 bits per heavy atom. The van der Waals surface area contributed by atoms with Crippen molar-refractivity contribution in [2.75, 3.05) is 7.11 Å². The van der Waals surface area contributed by atoms with Gasteiger partial charge in [-0.3, -0.25) is 4.79 Å². The minimum Gasteiger partial charge on any atom is -0.481 e. The van der Waals surface area contributed by atoms with Gasteiger partial charge in [-0.15, -0.1) is 0 Å². The molecule has 0 saturated heterocycles. The molecule has 0 aliphatic heterocycles. The van der Waals surface area contributed by atoms with Gasteiger partial charge in [0.2, 0.25) is 0 Å². The van der Waals surface area contributed by atoms with E-state index in [0.717, 1.165) is 12.5 Å². The summed E-state index contributed by atoms with van der Waals surface area (Å²) in [5.74, 6) is 3.78. The second-order valence-corrected chi connectivity index (χ2v) is 2.91. The number of benzene rings is 1. The van der Waals surface area contributed by atoms with Gasteiger partial charge in [0.25, 0.3) is 5.97 Å². The third-order valence-corrected chi connectivity index (χ3v) is 1.56. The van der Waals surface area contributed by atoms with Gasteiger partial charge in [0.1, 0.15) is 0 Å². The van der Waals surface area contributed by atoms with Crippen LogP contribution in [0.3, 0.4) is 0 Å². The molecule has 0 radical (unpaired) electrons. The van der Waals surface area contributed by atoms with Gasteiger partial charge >= 0.3 is 5.97 Å². The van der Waals surface area contributed by atoms with Crippen LogP contribution in [0.15, 0.2) is 29.4 Å². The second kappa shape index (κ2) is 7.86. The van der Waals surface area contributed by atoms with Gasteiger partial charge in [-0.2, -0.15) is 5.10 Å². The predicted molar refractivity (Wildman–Crippen MR) is 62.9 cm³/mol. The molecule has 0 aromatic heterocycles. The van der Waals surface area contributed by atoms with E-state index in [2.05, 4.69) is 9.84 Å². The fourth-order valence-corrected chi connectivity index (χ4v) is 0.909. The number of methoxy groups -OCH3 is 1. The highest BCUT2D eigenvalue weighted by atomic mass is 16.5. The van der Waals surface area contributed by atoms with Crippen LogP contribution < -0.4 is 5.84 Å². The van der Waals surface area contributed by atoms with E-state index in [9.17, 15) is 4.79 Å². The monoisotopic (exact) mass is 238 g/mol. The molecule has 1 rings (SSSR count). The van der Waals surface area contributed by atoms with Crippen molar-refractivity contribution in [1.82, 2.24) is 0 Å². The number of esters is 1. The molecule has 3 N–H and O–H groups in total. The standard InChI is InChI=1S/C9H10N2O2.C2H4O2/c1-13-9(12)8-4-2-7(3-5-8)6-11-10;1-2(3)4/h2-6H,10H2,1H3;1H3,(H,3,4). The SMILES string of the molecule is CC(=O)O.COC(=O)c1ccc(C=NN)cc1. The Morgan fingerprint density at radius 2 is 1.82 bits per heavy atom. The molecule has 0 unspecified atom stereocenters. The largest absolute Gasteiger partial charge is 0.481 e. The number of nitrogens with zero attached hydrogens (tertiary/aromatic N) is 1. The molecule has 0 aliphatic carbocycles. The third-order valence-electron chi connectivity index (χ3n) is 1.56. The number of carbonyl (C=O) groups is 2. The molecule has 1 aromatic carbocycles. The molecule has 0 fully saturated rings. The Kier molecular flexibility index (Phi) is 6.77. The highest BCUT2D eigenvalue weighted by Gasteiger charge is 2.02. The number of rotatable bonds is 2. The van der Waals surface area contributed by atoms with Crippen molar-refractivity contribution in [3.05, 3.63) is 35.4 Å². The summed E-state index contributed by atoms with van der Waals surface area (Å²) >= 11 is 0. The van der Waals surface area contributed by atoms with Crippen molar-refractivity contribution >= 4 is 18.2 Å². The predicted octanol–water partition coefficient (Wildman–Crippen LogP) is 0.857. The van der Waals surface area contributed by atoms with Crippen LogP contribution in [0.4, 0.5) is 0 Å². The molecule has 0 atom stereocenters. The van der Waals surface area contributed by atoms with Crippen molar-refractivity contribution in [1.29, 1.82) is 0 Å². The average molecular weight is 238 g/mol. The van der Waals surface area contributed by atoms with Gasteiger partial charge in [-0.1, -0.05) is 12.1 Å². The fourth-order valence-electron chi connectivity index (χ4n) is 0.909. The van der Waals surface area contributed by atoms with Crippen LogP contribution in [0.5, 0.6) is 0 Å². The van der Waals surface area contributed by atoms with E-state index >= 15 is 0 Å². The molecule has 6 heteroatoms. The van der Waals surface area contributed by atoms with Gasteiger partial charge in [-0.05, 0) is 17.7 Å². The summed E-state index contributed by atoms with van der Waals surface area (Å²) in [6.45, 7) is 1.08. The van der Waals surface area contributed by atoms with E-state index in [0.29, 0.717) is 5.56 Å². The molecule has 0 spiro atoms. The summed E-state index contributed by atoms with van der Waals surface area (Å²) in [5, 5.41) is 10.8. The number of hydrazone groups is 1. The summed E-state index contributed by atoms with van der Waals surface area (Å²) in [6, 6.07) is 6.79. The number of nitrogens with two attached hydrogens (primary N) is 1. The molecule has 0 amide bonds. The van der Waals surface area contributed by atoms with Gasteiger partial charge in [0.15, 0.2) is 0 Å². The molecule has 0 heterocycles. The van der Waals surface area contributed by atoms with Gasteiger partial charge in [0, 0.05) is 6.92 Å². The maximum atomic E-state index is 11.0. The number of hydrogen-bond donors (Lipinski definition) is 2. The van der Waals surface area contributed by atoms with E-state index in [4.69, 9.17) is 15.7 Å². The Labute approximate surface area is 98.7 Å². The first kappa shape index (κ1) is 14.6. The summed E-state index contributed by atoms with van der Waals surface area (Å²) in [7, 11) is 1.34. The number of carbonyl (C=O) groups excluding carboxylic acids is 1. The topological polar surface area (TPSA) is 102 Å². The zero-order valence-electron chi connectivity index (χ0n) is 9.58. The maximum Gasteiger partial charge on any atom is 0.337 e. The lowest BCUT2D eigenvalue weighted by molar-refractivity contribution is -0.134. The molecule has 92 valence electrons. The lowest BCUT2D eigenvalue weighted by Gasteiger charge is -1.98. The summed E-state index contributed by atoms with van der Waals surface area (Å²) < 4.78 is 4.54. The molecule has 0 saturated carbocycles. The fraction of sp³-hybridized carbons (Fsp3) is 0.182. The lowest BCUT2D eigenvalue weighted by Crippen LogP contribution is -2.00. The molecular formula is C11H14N2O4. The van der Waals surface area contributed by atoms with Crippen molar-refractivity contribution in [2.24, 2.45) is 10.9 Å². The van der Waals surface area contributed by atoms with Crippen LogP contribution in [0, 0.1) is 0 Å². The van der Waals surface area contributed by atoms with Crippen LogP contribution in [-0.4, -0.2) is 30.4 Å². The lowest BCUT2D eigenvalue weighted by atomic mass is 10.1. The van der Waals surface area contributed by atoms with E-state index in [1.54, 1.807) is 24.3 Å². The molecule has 0 bridgehead atoms. The third kappa shape index (κ3) is 6.67. The number of ether oxygens (including phenoxy) is 1. The minimum atomic E-state index is -0.833. The van der Waals surface area contributed by atoms with E-state index in [1.807, 2.05) is 0 Å². The van der Waals surface area contributed by atoms with E-state index < -0.39 is 5.97 Å². The summed E-state index contributed by atoms with van der Waals surface area (Å²) in [6.07, 6.45) is 1.50. The summed E-state index contributed by atoms with van der Waals surface area (Å²) in [5.41, 5.74) is 1.35. The first-order valence-electron chi connectivity index (χ1n) is 4.62. The van der Waals surface area contributed by atoms with Crippen LogP contribution >= 0.6 is 0 Å². The number of carboxylic acids is 1. The number of hydrogen-bond acceptors (Lipinski definition) is 5. The minimum absolute atomic E-state index is 0.351. The van der Waals surface area contributed by atoms with Gasteiger partial charge in [0.05, 0.1) is 18.9 Å². The highest BCUT2D eigenvalue weighted by molar-refractivity contribution is 5.90. The first-order chi connectivity index (χ1) is 8.01. The smallest absolute Gasteiger partial charge is 0.337 e. The van der Waals surface area contributed by atoms with Crippen LogP contribution in [0.2, 0.25) is 0 Å². The molecule has 0 aliphatic rings. The normalized spacial score (nSPS) is 9.29. The van der Waals surface area contributed by atoms with E-state index in [1.165, 1.54) is 13.3 Å². The average Bonchev–Trinajstić information content (AvgIpc) is 2.29. The molecule has 6 nitrogen and oxygen atoms in total. The Hall–Kier alpha value is -2.37. The number of carboxylic acid groups (broad SMARTS) is 1. The Morgan fingerprint density at radius 1 is 1.35 bits per heavy atom. The van der Waals surface area contributed by atoms with Crippen molar-refractivity contribution in [3.63, 3.8) is 0 Å². The maximum absolute atomic E-state index is 11.0. The first-order valence-corrected chi connectivity index (χ1v) is 4.62. The van der Waals surface area contributed by atoms with Gasteiger partial charge < -0.3 is 15.7 Å². The zero-order valence-corrected chi connectivity index (χ0v) is 9.58. The number of aliphatic carboxylic acids is 1. The van der Waals surface area contributed by atoms with Crippen LogP contribution in [0.1, 0.15) is 22.8 Å². The zero-order chi connectivity index (χ0) is 13.3. The van der Waals surface area contributed by atoms with Crippen LogP contribution in [-0.2, 0) is 9.53 Å². The highest BCUT2D eigenvalue weighted by Crippen LogP contribution is 2.03. The van der Waals surface area contributed by atoms with Crippen molar-refractivity contribution in [2.45, 2.75) is 6.92 Å². The quantitative estimate of drug-likeness (QED) is 0.344. The molecule has 17 heavy (non-hydrogen) atoms.